The van der Waals surface area contributed by atoms with E-state index < -0.39 is 0 Å². The highest BCUT2D eigenvalue weighted by Gasteiger charge is 1.95. The molecule has 0 aliphatic carbocycles. The molecule has 1 heteroatoms. The van der Waals surface area contributed by atoms with E-state index in [1.807, 2.05) is 13.8 Å². The zero-order valence-corrected chi connectivity index (χ0v) is 6.18. The van der Waals surface area contributed by atoms with Crippen molar-refractivity contribution in [3.8, 4) is 0 Å². The molecule has 0 aliphatic heterocycles. The van der Waals surface area contributed by atoms with Gasteiger partial charge in [-0.05, 0) is 23.6 Å². The van der Waals surface area contributed by atoms with Gasteiger partial charge in [0.1, 0.15) is 0 Å². The van der Waals surface area contributed by atoms with Gasteiger partial charge in [-0.3, -0.25) is 0 Å². The van der Waals surface area contributed by atoms with Crippen LogP contribution in [0.3, 0.4) is 0 Å². The Bertz CT molecular complexity index is 303. The fraction of sp³-hybridized carbons (Fsp3) is 0.333. The van der Waals surface area contributed by atoms with Crippen molar-refractivity contribution in [1.29, 1.82) is 0 Å². The second-order valence-corrected chi connectivity index (χ2v) is 2.58. The molecule has 0 fully saturated rings. The third kappa shape index (κ3) is 1.50. The molecule has 0 aromatic heterocycles. The van der Waals surface area contributed by atoms with Crippen molar-refractivity contribution >= 4 is 5.69 Å². The summed E-state index contributed by atoms with van der Waals surface area (Å²) in [7, 11) is 0. The second kappa shape index (κ2) is 2.74. The molecule has 0 saturated carbocycles. The van der Waals surface area contributed by atoms with Gasteiger partial charge in [0.25, 0.3) is 0 Å². The van der Waals surface area contributed by atoms with Crippen LogP contribution in [-0.4, -0.2) is 0 Å². The van der Waals surface area contributed by atoms with E-state index in [-0.39, 0.29) is 23.7 Å². The first-order chi connectivity index (χ1) is 6.45. The molecule has 10 heavy (non-hydrogen) atoms. The largest absolute Gasteiger partial charge is 0.399 e. The van der Waals surface area contributed by atoms with Crippen LogP contribution in [0.1, 0.15) is 28.1 Å². The van der Waals surface area contributed by atoms with Crippen LogP contribution in [0.15, 0.2) is 24.2 Å². The zero-order chi connectivity index (χ0) is 10.9. The fourth-order valence-electron chi connectivity index (χ4n) is 0.725. The van der Waals surface area contributed by atoms with Crippen molar-refractivity contribution < 1.29 is 5.57 Å². The van der Waals surface area contributed by atoms with Gasteiger partial charge < -0.3 is 5.72 Å². The normalized spacial score (nSPS) is 15.5. The van der Waals surface area contributed by atoms with Crippen LogP contribution in [0, 0.1) is 0 Å². The van der Waals surface area contributed by atoms with Crippen LogP contribution in [0.5, 0.6) is 0 Å². The van der Waals surface area contributed by atoms with E-state index in [4.69, 9.17) is 5.57 Å². The lowest BCUT2D eigenvalue weighted by Gasteiger charge is -2.03. The maximum atomic E-state index is 7.68. The number of rotatable bonds is 2. The van der Waals surface area contributed by atoms with Crippen molar-refractivity contribution in [2.45, 2.75) is 19.8 Å². The summed E-state index contributed by atoms with van der Waals surface area (Å²) < 4.78 is 29.3. The molecule has 54 valence electrons. The van der Waals surface area contributed by atoms with Crippen molar-refractivity contribution in [3.05, 3.63) is 29.8 Å². The molecule has 0 unspecified atom stereocenters. The molecule has 2 N–H and O–H groups in total. The summed E-state index contributed by atoms with van der Waals surface area (Å²) in [6.07, 6.45) is 0. The van der Waals surface area contributed by atoms with Gasteiger partial charge in [-0.25, -0.2) is 0 Å². The second-order valence-electron chi connectivity index (χ2n) is 2.58. The first-order valence-corrected chi connectivity index (χ1v) is 3.33. The molecule has 1 aromatic rings. The average Bonchev–Trinajstić information content (AvgIpc) is 2.08. The van der Waals surface area contributed by atoms with Gasteiger partial charge in [0, 0.05) is 5.69 Å². The van der Waals surface area contributed by atoms with Gasteiger partial charge in [-0.2, -0.15) is 0 Å². The molecule has 0 heterocycles. The standard InChI is InChI=1S/C9H13N/c1-7(2)8-3-5-9(10)6-4-8/h3-7H,10H2,1-2H3/i3D,5D/hD2. The Labute approximate surface area is 67.6 Å². The number of hydrogen-bond acceptors (Lipinski definition) is 1. The first kappa shape index (κ1) is 3.42. The molecule has 0 spiro atoms. The minimum absolute atomic E-state index is 0.0544. The summed E-state index contributed by atoms with van der Waals surface area (Å²) >= 11 is 0. The van der Waals surface area contributed by atoms with Gasteiger partial charge in [0.15, 0.2) is 2.82 Å². The van der Waals surface area contributed by atoms with Crippen LogP contribution in [0.2, 0.25) is 2.82 Å². The minimum atomic E-state index is -0.0544. The maximum Gasteiger partial charge on any atom is 0.156 e. The van der Waals surface area contributed by atoms with Crippen LogP contribution in [0.25, 0.3) is 0 Å². The molecular weight excluding hydrogens is 122 g/mol. The Kier molecular flexibility index (Phi) is 0.936. The third-order valence-corrected chi connectivity index (χ3v) is 1.38. The smallest absolute Gasteiger partial charge is 0.156 e. The van der Waals surface area contributed by atoms with E-state index in [9.17, 15) is 0 Å². The van der Waals surface area contributed by atoms with E-state index in [1.165, 1.54) is 6.07 Å². The first-order valence-electron chi connectivity index (χ1n) is 5.22. The molecule has 0 atom stereocenters. The van der Waals surface area contributed by atoms with Gasteiger partial charge >= 0.3 is 0 Å². The Balaban J connectivity index is 3.26. The van der Waals surface area contributed by atoms with E-state index in [0.29, 0.717) is 5.72 Å². The Hall–Kier alpha value is -0.980. The summed E-state index contributed by atoms with van der Waals surface area (Å²) in [5.41, 5.74) is 1.28. The number of benzene rings is 1. The molecular formula is C9H13N. The summed E-state index contributed by atoms with van der Waals surface area (Å²) in [6.45, 7) is 3.90. The molecule has 0 aliphatic rings. The van der Waals surface area contributed by atoms with Crippen LogP contribution in [0.4, 0.5) is 5.69 Å². The predicted octanol–water partition coefficient (Wildman–Crippen LogP) is 2.39. The summed E-state index contributed by atoms with van der Waals surface area (Å²) in [5, 5.41) is 0. The Morgan fingerprint density at radius 2 is 2.30 bits per heavy atom. The van der Waals surface area contributed by atoms with Crippen molar-refractivity contribution in [1.82, 2.24) is 0 Å². The molecule has 1 aromatic carbocycles. The maximum absolute atomic E-state index is 7.68. The van der Waals surface area contributed by atoms with E-state index in [2.05, 4.69) is 0 Å². The summed E-state index contributed by atoms with van der Waals surface area (Å²) in [5.74, 6) is 0.186. The SMILES string of the molecule is [2H]c1c(C(C)C)ccc(N([2H])[2H])c1[2H]. The summed E-state index contributed by atoms with van der Waals surface area (Å²) in [4.78, 5) is 0. The van der Waals surface area contributed by atoms with E-state index in [1.54, 1.807) is 6.07 Å². The molecule has 0 radical (unpaired) electrons. The Morgan fingerprint density at radius 1 is 1.50 bits per heavy atom. The highest BCUT2D eigenvalue weighted by molar-refractivity contribution is 5.39. The lowest BCUT2D eigenvalue weighted by Crippen LogP contribution is -1.88. The lowest BCUT2D eigenvalue weighted by atomic mass is 10.0. The topological polar surface area (TPSA) is 26.0 Å². The number of hydrogen-bond donors (Lipinski definition) is 1. The number of nitrogens with two attached hydrogens (primary N) is 1. The van der Waals surface area contributed by atoms with E-state index in [0.717, 1.165) is 5.56 Å². The molecule has 0 saturated heterocycles. The van der Waals surface area contributed by atoms with E-state index >= 15 is 0 Å². The van der Waals surface area contributed by atoms with Gasteiger partial charge in [-0.1, -0.05) is 26.0 Å². The van der Waals surface area contributed by atoms with Crippen LogP contribution >= 0.6 is 0 Å². The van der Waals surface area contributed by atoms with Crippen LogP contribution < -0.4 is 5.72 Å². The highest BCUT2D eigenvalue weighted by Crippen LogP contribution is 2.14. The highest BCUT2D eigenvalue weighted by atomic mass is 14.5. The lowest BCUT2D eigenvalue weighted by molar-refractivity contribution is 0.867. The Morgan fingerprint density at radius 3 is 2.90 bits per heavy atom. The average molecular weight is 139 g/mol. The van der Waals surface area contributed by atoms with Gasteiger partial charge in [-0.15, -0.1) is 0 Å². The zero-order valence-electron chi connectivity index (χ0n) is 10.2. The number of anilines is 1. The van der Waals surface area contributed by atoms with Crippen molar-refractivity contribution in [3.63, 3.8) is 0 Å². The van der Waals surface area contributed by atoms with Crippen LogP contribution in [-0.2, 0) is 0 Å². The molecule has 0 amide bonds. The molecule has 1 rings (SSSR count). The molecule has 1 nitrogen and oxygen atoms in total. The third-order valence-electron chi connectivity index (χ3n) is 1.38. The van der Waals surface area contributed by atoms with Crippen molar-refractivity contribution in [2.75, 3.05) is 5.72 Å². The summed E-state index contributed by atoms with van der Waals surface area (Å²) in [6, 6.07) is 3.30. The fourth-order valence-corrected chi connectivity index (χ4v) is 0.725. The predicted molar refractivity (Wildman–Crippen MR) is 44.9 cm³/mol. The van der Waals surface area contributed by atoms with Crippen molar-refractivity contribution in [2.24, 2.45) is 0 Å². The minimum Gasteiger partial charge on any atom is -0.399 e. The monoisotopic (exact) mass is 139 g/mol. The number of nitrogen functional groups attached to an aromatic ring is 1. The van der Waals surface area contributed by atoms with Gasteiger partial charge in [0.2, 0.25) is 0 Å². The quantitative estimate of drug-likeness (QED) is 0.625. The van der Waals surface area contributed by atoms with Gasteiger partial charge in [0.05, 0.1) is 2.74 Å². The molecule has 0 bridgehead atoms.